The number of aliphatic hydroxyl groups is 1. The predicted octanol–water partition coefficient (Wildman–Crippen LogP) is 1.69. The van der Waals surface area contributed by atoms with E-state index in [9.17, 15) is 35.1 Å². The van der Waals surface area contributed by atoms with Crippen molar-refractivity contribution in [3.8, 4) is 0 Å². The average molecular weight is 601 g/mol. The molecule has 17 heteroatoms. The van der Waals surface area contributed by atoms with Gasteiger partial charge in [-0.3, -0.25) is 0 Å². The summed E-state index contributed by atoms with van der Waals surface area (Å²) in [5.41, 5.74) is 1.96. The van der Waals surface area contributed by atoms with E-state index in [0.29, 0.717) is 11.9 Å². The Bertz CT molecular complexity index is 1330. The van der Waals surface area contributed by atoms with Gasteiger partial charge in [0.15, 0.2) is 5.60 Å². The lowest BCUT2D eigenvalue weighted by molar-refractivity contribution is -0.259. The van der Waals surface area contributed by atoms with E-state index in [-0.39, 0.29) is 48.8 Å². The van der Waals surface area contributed by atoms with Crippen LogP contribution in [-0.4, -0.2) is 91.7 Å². The number of nitrogen functional groups attached to an aromatic ring is 1. The summed E-state index contributed by atoms with van der Waals surface area (Å²) < 4.78 is 93.8. The molecule has 0 aromatic carbocycles. The molecule has 0 amide bonds. The number of sulfonamides is 2. The Balaban J connectivity index is 1.97. The molecule has 2 aromatic rings. The topological polar surface area (TPSA) is 150 Å². The lowest BCUT2D eigenvalue weighted by atomic mass is 9.99. The summed E-state index contributed by atoms with van der Waals surface area (Å²) in [6.45, 7) is 4.23. The number of rotatable bonds is 9. The van der Waals surface area contributed by atoms with Crippen LogP contribution < -0.4 is 10.6 Å². The minimum absolute atomic E-state index is 0.00886. The fourth-order valence-corrected chi connectivity index (χ4v) is 7.66. The van der Waals surface area contributed by atoms with Gasteiger partial charge in [0.2, 0.25) is 16.0 Å². The smallest absolute Gasteiger partial charge is 0.391 e. The van der Waals surface area contributed by atoms with Crippen molar-refractivity contribution in [2.75, 3.05) is 49.6 Å². The molecule has 1 fully saturated rings. The molecule has 0 spiro atoms. The Kier molecular flexibility index (Phi) is 8.70. The fraction of sp³-hybridized carbons (Fsp3) is 0.619. The summed E-state index contributed by atoms with van der Waals surface area (Å²) in [5.74, 6) is -0.0528. The number of thiophene rings is 1. The number of aromatic nitrogens is 2. The molecule has 0 bridgehead atoms. The highest BCUT2D eigenvalue weighted by Crippen LogP contribution is 2.38. The lowest BCUT2D eigenvalue weighted by Crippen LogP contribution is -2.59. The van der Waals surface area contributed by atoms with Crippen LogP contribution in [0.5, 0.6) is 0 Å². The summed E-state index contributed by atoms with van der Waals surface area (Å²) in [4.78, 5) is 9.60. The molecular weight excluding hydrogens is 569 g/mol. The first kappa shape index (κ1) is 30.5. The standard InChI is InChI=1S/C21H31F3N6O5S3/c1-14(2)11-29(37(4,32)33)13-16-12-28(38(34,35)18-6-5-17(25)36-18)7-8-30(16)19-26-9-15(10-27-19)20(3,31)21(22,23)24/h5-6,9-10,14,16,31H,7-8,11-13,25H2,1-4H3/t16-,20?/m1/s1. The highest BCUT2D eigenvalue weighted by molar-refractivity contribution is 7.91. The van der Waals surface area contributed by atoms with Crippen LogP contribution in [0, 0.1) is 5.92 Å². The lowest BCUT2D eigenvalue weighted by Gasteiger charge is -2.42. The molecule has 3 rings (SSSR count). The van der Waals surface area contributed by atoms with Gasteiger partial charge in [-0.15, -0.1) is 11.3 Å². The largest absolute Gasteiger partial charge is 0.421 e. The zero-order chi connectivity index (χ0) is 28.7. The first-order chi connectivity index (χ1) is 17.3. The molecule has 3 heterocycles. The molecule has 0 radical (unpaired) electrons. The van der Waals surface area contributed by atoms with Crippen molar-refractivity contribution in [1.82, 2.24) is 18.6 Å². The number of hydrogen-bond acceptors (Lipinski definition) is 10. The van der Waals surface area contributed by atoms with Gasteiger partial charge in [-0.05, 0) is 25.0 Å². The molecule has 38 heavy (non-hydrogen) atoms. The maximum Gasteiger partial charge on any atom is 0.421 e. The van der Waals surface area contributed by atoms with Crippen LogP contribution in [0.25, 0.3) is 0 Å². The predicted molar refractivity (Wildman–Crippen MR) is 138 cm³/mol. The molecule has 1 aliphatic heterocycles. The van der Waals surface area contributed by atoms with Gasteiger partial charge in [0.05, 0.1) is 17.3 Å². The van der Waals surface area contributed by atoms with Crippen LogP contribution >= 0.6 is 11.3 Å². The van der Waals surface area contributed by atoms with Crippen LogP contribution in [0.3, 0.4) is 0 Å². The zero-order valence-corrected chi connectivity index (χ0v) is 23.7. The normalized spacial score (nSPS) is 19.7. The molecule has 0 saturated carbocycles. The average Bonchev–Trinajstić information content (AvgIpc) is 3.24. The molecule has 2 atom stereocenters. The number of hydrogen-bond donors (Lipinski definition) is 2. The van der Waals surface area contributed by atoms with E-state index in [1.807, 2.05) is 13.8 Å². The molecule has 1 aliphatic rings. The van der Waals surface area contributed by atoms with Crippen LogP contribution in [0.2, 0.25) is 0 Å². The highest BCUT2D eigenvalue weighted by atomic mass is 32.2. The summed E-state index contributed by atoms with van der Waals surface area (Å²) in [6.07, 6.45) is -2.20. The van der Waals surface area contributed by atoms with Gasteiger partial charge in [0, 0.05) is 50.7 Å². The van der Waals surface area contributed by atoms with E-state index in [4.69, 9.17) is 5.73 Å². The quantitative estimate of drug-likeness (QED) is 0.438. The molecule has 3 N–H and O–H groups in total. The van der Waals surface area contributed by atoms with Crippen molar-refractivity contribution in [2.45, 2.75) is 42.8 Å². The maximum atomic E-state index is 13.3. The van der Waals surface area contributed by atoms with Crippen molar-refractivity contribution in [3.05, 3.63) is 30.1 Å². The molecule has 214 valence electrons. The number of nitrogens with two attached hydrogens (primary N) is 1. The van der Waals surface area contributed by atoms with E-state index < -0.39 is 43.4 Å². The van der Waals surface area contributed by atoms with E-state index in [1.54, 1.807) is 4.90 Å². The number of halogens is 3. The minimum atomic E-state index is -4.96. The fourth-order valence-electron chi connectivity index (χ4n) is 3.94. The Morgan fingerprint density at radius 1 is 1.18 bits per heavy atom. The number of nitrogens with zero attached hydrogens (tertiary/aromatic N) is 5. The number of piperazine rings is 1. The molecular formula is C21H31F3N6O5S3. The Labute approximate surface area is 224 Å². The highest BCUT2D eigenvalue weighted by Gasteiger charge is 2.51. The van der Waals surface area contributed by atoms with Crippen LogP contribution in [-0.2, 0) is 25.6 Å². The molecule has 11 nitrogen and oxygen atoms in total. The third kappa shape index (κ3) is 6.56. The summed E-state index contributed by atoms with van der Waals surface area (Å²) in [7, 11) is -7.62. The Hall–Kier alpha value is -2.05. The first-order valence-corrected chi connectivity index (χ1v) is 15.6. The van der Waals surface area contributed by atoms with Crippen molar-refractivity contribution in [3.63, 3.8) is 0 Å². The van der Waals surface area contributed by atoms with Crippen molar-refractivity contribution >= 4 is 42.3 Å². The maximum absolute atomic E-state index is 13.3. The third-order valence-corrected chi connectivity index (χ3v) is 10.6. The van der Waals surface area contributed by atoms with Crippen LogP contribution in [0.15, 0.2) is 28.7 Å². The second kappa shape index (κ2) is 10.8. The SMILES string of the molecule is CC(C)CN(C[C@H]1CN(S(=O)(=O)c2ccc(N)s2)CCN1c1ncc(C(C)(O)C(F)(F)F)cn1)S(C)(=O)=O. The van der Waals surface area contributed by atoms with Gasteiger partial charge in [-0.1, -0.05) is 13.8 Å². The minimum Gasteiger partial charge on any atom is -0.391 e. The molecule has 1 unspecified atom stereocenters. The molecule has 1 saturated heterocycles. The summed E-state index contributed by atoms with van der Waals surface area (Å²) >= 11 is 0.907. The van der Waals surface area contributed by atoms with Gasteiger partial charge in [-0.25, -0.2) is 26.8 Å². The van der Waals surface area contributed by atoms with Crippen LogP contribution in [0.4, 0.5) is 24.1 Å². The van der Waals surface area contributed by atoms with Crippen molar-refractivity contribution in [1.29, 1.82) is 0 Å². The second-order valence-electron chi connectivity index (χ2n) is 9.68. The number of alkyl halides is 3. The molecule has 2 aromatic heterocycles. The van der Waals surface area contributed by atoms with Gasteiger partial charge < -0.3 is 15.7 Å². The third-order valence-electron chi connectivity index (χ3n) is 6.10. The second-order valence-corrected chi connectivity index (χ2v) is 14.9. The summed E-state index contributed by atoms with van der Waals surface area (Å²) in [6, 6.07) is 2.11. The van der Waals surface area contributed by atoms with Gasteiger partial charge in [0.1, 0.15) is 4.21 Å². The van der Waals surface area contributed by atoms with E-state index in [2.05, 4.69) is 9.97 Å². The monoisotopic (exact) mass is 600 g/mol. The Morgan fingerprint density at radius 3 is 2.26 bits per heavy atom. The van der Waals surface area contributed by atoms with Crippen molar-refractivity contribution in [2.24, 2.45) is 5.92 Å². The zero-order valence-electron chi connectivity index (χ0n) is 21.3. The van der Waals surface area contributed by atoms with E-state index in [0.717, 1.165) is 30.0 Å². The van der Waals surface area contributed by atoms with Gasteiger partial charge in [0.25, 0.3) is 10.0 Å². The van der Waals surface area contributed by atoms with E-state index in [1.165, 1.54) is 20.7 Å². The van der Waals surface area contributed by atoms with Crippen LogP contribution in [0.1, 0.15) is 26.3 Å². The first-order valence-electron chi connectivity index (χ1n) is 11.5. The number of anilines is 2. The molecule has 0 aliphatic carbocycles. The van der Waals surface area contributed by atoms with Gasteiger partial charge in [-0.2, -0.15) is 21.8 Å². The van der Waals surface area contributed by atoms with Gasteiger partial charge >= 0.3 is 6.18 Å². The summed E-state index contributed by atoms with van der Waals surface area (Å²) in [5, 5.41) is 10.3. The van der Waals surface area contributed by atoms with Crippen molar-refractivity contribution < 1.29 is 35.1 Å². The van der Waals surface area contributed by atoms with E-state index >= 15 is 0 Å². The Morgan fingerprint density at radius 2 is 1.79 bits per heavy atom.